The zero-order chi connectivity index (χ0) is 15.1. The van der Waals surface area contributed by atoms with Gasteiger partial charge in [-0.1, -0.05) is 6.92 Å². The molecule has 0 N–H and O–H groups in total. The van der Waals surface area contributed by atoms with Crippen LogP contribution in [-0.2, 0) is 6.42 Å². The predicted molar refractivity (Wildman–Crippen MR) is 79.4 cm³/mol. The van der Waals surface area contributed by atoms with Crippen LogP contribution in [0.15, 0.2) is 36.8 Å². The van der Waals surface area contributed by atoms with Crippen molar-refractivity contribution in [2.45, 2.75) is 19.8 Å². The Labute approximate surface area is 125 Å². The number of hydrogen-bond acceptors (Lipinski definition) is 4. The molecule has 1 aromatic carbocycles. The molecule has 0 radical (unpaired) electrons. The van der Waals surface area contributed by atoms with Crippen LogP contribution in [0.1, 0.15) is 19.2 Å². The molecule has 3 aromatic heterocycles. The van der Waals surface area contributed by atoms with Crippen molar-refractivity contribution in [2.24, 2.45) is 0 Å². The average Bonchev–Trinajstić information content (AvgIpc) is 3.12. The lowest BCUT2D eigenvalue weighted by molar-refractivity contribution is 0.627. The third kappa shape index (κ3) is 1.86. The Balaban J connectivity index is 1.92. The van der Waals surface area contributed by atoms with Crippen molar-refractivity contribution in [3.63, 3.8) is 0 Å². The summed E-state index contributed by atoms with van der Waals surface area (Å²) in [5.41, 5.74) is 2.16. The molecule has 3 heterocycles. The van der Waals surface area contributed by atoms with E-state index < -0.39 is 0 Å². The summed E-state index contributed by atoms with van der Waals surface area (Å²) in [6.45, 7) is 2.10. The molecule has 4 rings (SSSR count). The molecule has 0 bridgehead atoms. The molecule has 0 atom stereocenters. The van der Waals surface area contributed by atoms with E-state index >= 15 is 0 Å². The van der Waals surface area contributed by atoms with Gasteiger partial charge in [-0.3, -0.25) is 4.40 Å². The first-order chi connectivity index (χ1) is 10.8. The molecular weight excluding hydrogens is 283 g/mol. The quantitative estimate of drug-likeness (QED) is 0.583. The van der Waals surface area contributed by atoms with E-state index in [-0.39, 0.29) is 5.82 Å². The second-order valence-corrected chi connectivity index (χ2v) is 5.07. The number of hydrogen-bond donors (Lipinski definition) is 0. The van der Waals surface area contributed by atoms with Gasteiger partial charge in [0.15, 0.2) is 11.3 Å². The predicted octanol–water partition coefficient (Wildman–Crippen LogP) is 2.55. The molecule has 22 heavy (non-hydrogen) atoms. The molecule has 0 saturated heterocycles. The molecule has 0 amide bonds. The van der Waals surface area contributed by atoms with E-state index in [1.807, 2.05) is 4.40 Å². The second kappa shape index (κ2) is 4.87. The van der Waals surface area contributed by atoms with Crippen LogP contribution in [0.3, 0.4) is 0 Å². The third-order valence-corrected chi connectivity index (χ3v) is 3.59. The summed E-state index contributed by atoms with van der Waals surface area (Å²) in [5, 5.41) is 13.6. The minimum Gasteiger partial charge on any atom is -0.269 e. The summed E-state index contributed by atoms with van der Waals surface area (Å²) >= 11 is 0. The third-order valence-electron chi connectivity index (χ3n) is 3.59. The number of aryl methyl sites for hydroxylation is 1. The van der Waals surface area contributed by atoms with Crippen molar-refractivity contribution < 1.29 is 4.39 Å². The lowest BCUT2D eigenvalue weighted by atomic mass is 10.3. The van der Waals surface area contributed by atoms with E-state index in [0.29, 0.717) is 5.65 Å². The van der Waals surface area contributed by atoms with Gasteiger partial charge in [0.1, 0.15) is 18.0 Å². The molecule has 0 saturated carbocycles. The standard InChI is InChI=1S/C15H13FN6/c1-2-3-13-19-20-15-12-8-18-22(14(12)17-9-21(13)15)11-6-4-10(16)5-7-11/h4-9H,2-3H2,1H3. The van der Waals surface area contributed by atoms with Crippen molar-refractivity contribution in [1.29, 1.82) is 0 Å². The maximum Gasteiger partial charge on any atom is 0.174 e. The number of aromatic nitrogens is 6. The maximum absolute atomic E-state index is 13.1. The van der Waals surface area contributed by atoms with Crippen molar-refractivity contribution in [3.05, 3.63) is 48.4 Å². The summed E-state index contributed by atoms with van der Waals surface area (Å²) in [4.78, 5) is 4.47. The largest absolute Gasteiger partial charge is 0.269 e. The highest BCUT2D eigenvalue weighted by Crippen LogP contribution is 2.20. The van der Waals surface area contributed by atoms with Crippen LogP contribution in [0.4, 0.5) is 4.39 Å². The van der Waals surface area contributed by atoms with E-state index in [4.69, 9.17) is 0 Å². The Morgan fingerprint density at radius 2 is 1.91 bits per heavy atom. The molecule has 0 spiro atoms. The molecule has 6 nitrogen and oxygen atoms in total. The Kier molecular flexibility index (Phi) is 2.85. The number of benzene rings is 1. The van der Waals surface area contributed by atoms with Gasteiger partial charge < -0.3 is 0 Å². The van der Waals surface area contributed by atoms with Crippen LogP contribution in [-0.4, -0.2) is 29.4 Å². The molecule has 0 fully saturated rings. The van der Waals surface area contributed by atoms with Gasteiger partial charge >= 0.3 is 0 Å². The molecule has 7 heteroatoms. The monoisotopic (exact) mass is 296 g/mol. The number of rotatable bonds is 3. The first kappa shape index (κ1) is 12.9. The number of fused-ring (bicyclic) bond motifs is 3. The molecule has 0 aliphatic carbocycles. The van der Waals surface area contributed by atoms with E-state index in [0.717, 1.165) is 35.4 Å². The Hall–Kier alpha value is -2.83. The SMILES string of the molecule is CCCc1nnc2c3cnn(-c4ccc(F)cc4)c3ncn12. The fourth-order valence-electron chi connectivity index (χ4n) is 2.53. The van der Waals surface area contributed by atoms with Gasteiger partial charge in [-0.25, -0.2) is 14.1 Å². The van der Waals surface area contributed by atoms with Gasteiger partial charge in [-0.2, -0.15) is 5.10 Å². The zero-order valence-electron chi connectivity index (χ0n) is 11.9. The highest BCUT2D eigenvalue weighted by molar-refractivity contribution is 5.89. The highest BCUT2D eigenvalue weighted by Gasteiger charge is 2.13. The van der Waals surface area contributed by atoms with Gasteiger partial charge in [0, 0.05) is 6.42 Å². The normalized spacial score (nSPS) is 11.5. The molecular formula is C15H13FN6. The minimum atomic E-state index is -0.280. The smallest absolute Gasteiger partial charge is 0.174 e. The maximum atomic E-state index is 13.1. The van der Waals surface area contributed by atoms with Crippen LogP contribution in [0.2, 0.25) is 0 Å². The van der Waals surface area contributed by atoms with E-state index in [9.17, 15) is 4.39 Å². The lowest BCUT2D eigenvalue weighted by Crippen LogP contribution is -2.00. The molecule has 4 aromatic rings. The first-order valence-electron chi connectivity index (χ1n) is 7.10. The molecule has 110 valence electrons. The van der Waals surface area contributed by atoms with E-state index in [1.54, 1.807) is 29.3 Å². The first-order valence-corrected chi connectivity index (χ1v) is 7.10. The molecule has 0 aliphatic heterocycles. The Morgan fingerprint density at radius 3 is 2.68 bits per heavy atom. The molecule has 0 unspecified atom stereocenters. The zero-order valence-corrected chi connectivity index (χ0v) is 11.9. The summed E-state index contributed by atoms with van der Waals surface area (Å²) in [6, 6.07) is 6.13. The van der Waals surface area contributed by atoms with Crippen LogP contribution in [0.25, 0.3) is 22.4 Å². The van der Waals surface area contributed by atoms with Crippen molar-refractivity contribution in [1.82, 2.24) is 29.4 Å². The number of halogens is 1. The summed E-state index contributed by atoms with van der Waals surface area (Å²) in [5.74, 6) is 0.610. The van der Waals surface area contributed by atoms with Crippen LogP contribution in [0, 0.1) is 5.82 Å². The fraction of sp³-hybridized carbons (Fsp3) is 0.200. The Morgan fingerprint density at radius 1 is 1.09 bits per heavy atom. The summed E-state index contributed by atoms with van der Waals surface area (Å²) in [7, 11) is 0. The highest BCUT2D eigenvalue weighted by atomic mass is 19.1. The summed E-state index contributed by atoms with van der Waals surface area (Å²) < 4.78 is 16.6. The summed E-state index contributed by atoms with van der Waals surface area (Å²) in [6.07, 6.45) is 5.27. The minimum absolute atomic E-state index is 0.280. The van der Waals surface area contributed by atoms with Crippen LogP contribution in [0.5, 0.6) is 0 Å². The fourth-order valence-corrected chi connectivity index (χ4v) is 2.53. The van der Waals surface area contributed by atoms with E-state index in [2.05, 4.69) is 27.2 Å². The second-order valence-electron chi connectivity index (χ2n) is 5.07. The van der Waals surface area contributed by atoms with Crippen molar-refractivity contribution >= 4 is 16.7 Å². The van der Waals surface area contributed by atoms with Crippen LogP contribution >= 0.6 is 0 Å². The van der Waals surface area contributed by atoms with E-state index in [1.165, 1.54) is 12.1 Å². The topological polar surface area (TPSA) is 60.9 Å². The van der Waals surface area contributed by atoms with Gasteiger partial charge in [-0.15, -0.1) is 10.2 Å². The Bertz CT molecular complexity index is 953. The van der Waals surface area contributed by atoms with Crippen LogP contribution < -0.4 is 0 Å². The van der Waals surface area contributed by atoms with Gasteiger partial charge in [0.2, 0.25) is 0 Å². The lowest BCUT2D eigenvalue weighted by Gasteiger charge is -2.03. The van der Waals surface area contributed by atoms with Gasteiger partial charge in [0.25, 0.3) is 0 Å². The average molecular weight is 296 g/mol. The van der Waals surface area contributed by atoms with Gasteiger partial charge in [-0.05, 0) is 30.7 Å². The van der Waals surface area contributed by atoms with Crippen molar-refractivity contribution in [2.75, 3.05) is 0 Å². The van der Waals surface area contributed by atoms with Gasteiger partial charge in [0.05, 0.1) is 17.3 Å². The molecule has 0 aliphatic rings. The van der Waals surface area contributed by atoms with Crippen molar-refractivity contribution in [3.8, 4) is 5.69 Å². The number of nitrogens with zero attached hydrogens (tertiary/aromatic N) is 6.